The van der Waals surface area contributed by atoms with E-state index in [1.807, 2.05) is 6.92 Å². The van der Waals surface area contributed by atoms with E-state index in [-0.39, 0.29) is 5.78 Å². The normalized spacial score (nSPS) is 10.8. The molecule has 0 amide bonds. The fourth-order valence-electron chi connectivity index (χ4n) is 1.92. The van der Waals surface area contributed by atoms with Crippen LogP contribution in [0.3, 0.4) is 0 Å². The zero-order valence-corrected chi connectivity index (χ0v) is 13.5. The van der Waals surface area contributed by atoms with Crippen molar-refractivity contribution in [3.05, 3.63) is 50.7 Å². The SMILES string of the molecule is COCCn1ncc(Br)c1C(=O)c1cccc(Cl)c1C. The van der Waals surface area contributed by atoms with E-state index < -0.39 is 0 Å². The first-order valence-corrected chi connectivity index (χ1v) is 7.23. The molecule has 0 unspecified atom stereocenters. The van der Waals surface area contributed by atoms with Gasteiger partial charge in [0, 0.05) is 17.7 Å². The van der Waals surface area contributed by atoms with E-state index in [0.29, 0.717) is 33.9 Å². The topological polar surface area (TPSA) is 44.1 Å². The van der Waals surface area contributed by atoms with Crippen molar-refractivity contribution in [3.63, 3.8) is 0 Å². The maximum atomic E-state index is 12.7. The monoisotopic (exact) mass is 356 g/mol. The van der Waals surface area contributed by atoms with Crippen molar-refractivity contribution in [1.82, 2.24) is 9.78 Å². The van der Waals surface area contributed by atoms with Gasteiger partial charge >= 0.3 is 0 Å². The predicted molar refractivity (Wildman–Crippen MR) is 81.4 cm³/mol. The summed E-state index contributed by atoms with van der Waals surface area (Å²) in [6.07, 6.45) is 1.61. The fraction of sp³-hybridized carbons (Fsp3) is 0.286. The molecule has 0 aliphatic rings. The quantitative estimate of drug-likeness (QED) is 0.770. The second-order valence-corrected chi connectivity index (χ2v) is 5.56. The van der Waals surface area contributed by atoms with Gasteiger partial charge in [-0.05, 0) is 34.5 Å². The smallest absolute Gasteiger partial charge is 0.212 e. The van der Waals surface area contributed by atoms with Gasteiger partial charge in [0.05, 0.1) is 23.8 Å². The van der Waals surface area contributed by atoms with E-state index >= 15 is 0 Å². The van der Waals surface area contributed by atoms with E-state index in [1.54, 1.807) is 36.2 Å². The number of ether oxygens (including phenoxy) is 1. The van der Waals surface area contributed by atoms with Crippen molar-refractivity contribution in [2.75, 3.05) is 13.7 Å². The third kappa shape index (κ3) is 2.95. The van der Waals surface area contributed by atoms with Crippen LogP contribution in [0.1, 0.15) is 21.6 Å². The fourth-order valence-corrected chi connectivity index (χ4v) is 2.57. The lowest BCUT2D eigenvalue weighted by molar-refractivity contribution is 0.102. The molecule has 0 N–H and O–H groups in total. The van der Waals surface area contributed by atoms with Crippen LogP contribution in [0.2, 0.25) is 5.02 Å². The number of aromatic nitrogens is 2. The van der Waals surface area contributed by atoms with Gasteiger partial charge in [0.15, 0.2) is 0 Å². The zero-order chi connectivity index (χ0) is 14.7. The second-order valence-electron chi connectivity index (χ2n) is 4.30. The highest BCUT2D eigenvalue weighted by atomic mass is 79.9. The minimum atomic E-state index is -0.106. The van der Waals surface area contributed by atoms with Crippen LogP contribution in [0, 0.1) is 6.92 Å². The molecule has 0 aliphatic carbocycles. The van der Waals surface area contributed by atoms with Gasteiger partial charge in [-0.1, -0.05) is 23.7 Å². The third-order valence-electron chi connectivity index (χ3n) is 3.03. The molecule has 0 radical (unpaired) electrons. The first-order valence-electron chi connectivity index (χ1n) is 6.06. The summed E-state index contributed by atoms with van der Waals surface area (Å²) < 4.78 is 7.33. The molecule has 0 fully saturated rings. The second kappa shape index (κ2) is 6.52. The number of rotatable bonds is 5. The minimum Gasteiger partial charge on any atom is -0.383 e. The van der Waals surface area contributed by atoms with Crippen molar-refractivity contribution < 1.29 is 9.53 Å². The Labute approximate surface area is 130 Å². The van der Waals surface area contributed by atoms with E-state index in [9.17, 15) is 4.79 Å². The number of methoxy groups -OCH3 is 1. The average Bonchev–Trinajstić information content (AvgIpc) is 2.80. The summed E-state index contributed by atoms with van der Waals surface area (Å²) in [5, 5.41) is 4.77. The summed E-state index contributed by atoms with van der Waals surface area (Å²) in [6, 6.07) is 5.31. The number of halogens is 2. The van der Waals surface area contributed by atoms with Crippen LogP contribution in [-0.4, -0.2) is 29.3 Å². The Morgan fingerprint density at radius 2 is 2.25 bits per heavy atom. The van der Waals surface area contributed by atoms with Gasteiger partial charge in [0.25, 0.3) is 0 Å². The molecule has 4 nitrogen and oxygen atoms in total. The Kier molecular flexibility index (Phi) is 4.96. The number of hydrogen-bond donors (Lipinski definition) is 0. The van der Waals surface area contributed by atoms with Crippen molar-refractivity contribution in [3.8, 4) is 0 Å². The van der Waals surface area contributed by atoms with Crippen LogP contribution >= 0.6 is 27.5 Å². The summed E-state index contributed by atoms with van der Waals surface area (Å²) in [5.41, 5.74) is 1.86. The average molecular weight is 358 g/mol. The molecule has 0 bridgehead atoms. The van der Waals surface area contributed by atoms with E-state index in [0.717, 1.165) is 5.56 Å². The van der Waals surface area contributed by atoms with Crippen LogP contribution in [0.15, 0.2) is 28.9 Å². The Morgan fingerprint density at radius 1 is 1.50 bits per heavy atom. The third-order valence-corrected chi connectivity index (χ3v) is 4.02. The van der Waals surface area contributed by atoms with Gasteiger partial charge in [-0.15, -0.1) is 0 Å². The number of benzene rings is 1. The first kappa shape index (κ1) is 15.2. The van der Waals surface area contributed by atoms with E-state index in [2.05, 4.69) is 21.0 Å². The Morgan fingerprint density at radius 3 is 2.95 bits per heavy atom. The van der Waals surface area contributed by atoms with Gasteiger partial charge in [-0.3, -0.25) is 9.48 Å². The highest BCUT2D eigenvalue weighted by Crippen LogP contribution is 2.25. The number of carbonyl (C=O) groups excluding carboxylic acids is 1. The lowest BCUT2D eigenvalue weighted by atomic mass is 10.0. The van der Waals surface area contributed by atoms with Crippen LogP contribution in [0.5, 0.6) is 0 Å². The molecule has 0 atom stereocenters. The Hall–Kier alpha value is -1.17. The molecule has 1 heterocycles. The number of carbonyl (C=O) groups is 1. The Bertz CT molecular complexity index is 640. The standard InChI is InChI=1S/C14H14BrClN2O2/c1-9-10(4-3-5-12(9)16)14(19)13-11(15)8-17-18(13)6-7-20-2/h3-5,8H,6-7H2,1-2H3. The van der Waals surface area contributed by atoms with Crippen molar-refractivity contribution >= 4 is 33.3 Å². The maximum absolute atomic E-state index is 12.7. The molecule has 0 saturated heterocycles. The van der Waals surface area contributed by atoms with Crippen LogP contribution in [-0.2, 0) is 11.3 Å². The molecule has 0 aliphatic heterocycles. The highest BCUT2D eigenvalue weighted by Gasteiger charge is 2.20. The molecule has 106 valence electrons. The largest absolute Gasteiger partial charge is 0.383 e. The van der Waals surface area contributed by atoms with Gasteiger partial charge in [-0.2, -0.15) is 5.10 Å². The molecular formula is C14H14BrClN2O2. The van der Waals surface area contributed by atoms with Crippen LogP contribution in [0.25, 0.3) is 0 Å². The molecule has 1 aromatic carbocycles. The molecule has 20 heavy (non-hydrogen) atoms. The Balaban J connectivity index is 2.43. The van der Waals surface area contributed by atoms with E-state index in [4.69, 9.17) is 16.3 Å². The van der Waals surface area contributed by atoms with Crippen molar-refractivity contribution in [2.24, 2.45) is 0 Å². The summed E-state index contributed by atoms with van der Waals surface area (Å²) in [7, 11) is 1.61. The number of nitrogens with zero attached hydrogens (tertiary/aromatic N) is 2. The molecule has 0 saturated carbocycles. The summed E-state index contributed by atoms with van der Waals surface area (Å²) >= 11 is 9.45. The molecule has 0 spiro atoms. The zero-order valence-electron chi connectivity index (χ0n) is 11.2. The van der Waals surface area contributed by atoms with Crippen molar-refractivity contribution in [1.29, 1.82) is 0 Å². The lowest BCUT2D eigenvalue weighted by Gasteiger charge is -2.09. The first-order chi connectivity index (χ1) is 9.56. The van der Waals surface area contributed by atoms with Crippen LogP contribution in [0.4, 0.5) is 0 Å². The summed E-state index contributed by atoms with van der Waals surface area (Å²) in [6.45, 7) is 2.84. The molecule has 1 aromatic heterocycles. The summed E-state index contributed by atoms with van der Waals surface area (Å²) in [4.78, 5) is 12.7. The van der Waals surface area contributed by atoms with Gasteiger partial charge < -0.3 is 4.74 Å². The predicted octanol–water partition coefficient (Wildman–Crippen LogP) is 3.48. The summed E-state index contributed by atoms with van der Waals surface area (Å²) in [5.74, 6) is -0.106. The van der Waals surface area contributed by atoms with Gasteiger partial charge in [-0.25, -0.2) is 0 Å². The van der Waals surface area contributed by atoms with Gasteiger partial charge in [0.2, 0.25) is 5.78 Å². The molecule has 2 aromatic rings. The minimum absolute atomic E-state index is 0.106. The molecule has 6 heteroatoms. The number of ketones is 1. The van der Waals surface area contributed by atoms with Gasteiger partial charge in [0.1, 0.15) is 5.69 Å². The van der Waals surface area contributed by atoms with Crippen LogP contribution < -0.4 is 0 Å². The highest BCUT2D eigenvalue weighted by molar-refractivity contribution is 9.10. The van der Waals surface area contributed by atoms with E-state index in [1.165, 1.54) is 0 Å². The van der Waals surface area contributed by atoms with Crippen molar-refractivity contribution in [2.45, 2.75) is 13.5 Å². The molecule has 2 rings (SSSR count). The molecular weight excluding hydrogens is 344 g/mol. The maximum Gasteiger partial charge on any atom is 0.212 e. The lowest BCUT2D eigenvalue weighted by Crippen LogP contribution is -2.15. The number of hydrogen-bond acceptors (Lipinski definition) is 3.